The van der Waals surface area contributed by atoms with Gasteiger partial charge in [-0.1, -0.05) is 13.8 Å². The van der Waals surface area contributed by atoms with Gasteiger partial charge < -0.3 is 5.73 Å². The molecule has 76 valence electrons. The summed E-state index contributed by atoms with van der Waals surface area (Å²) in [6.07, 6.45) is 3.55. The summed E-state index contributed by atoms with van der Waals surface area (Å²) in [5.41, 5.74) is 7.07. The van der Waals surface area contributed by atoms with E-state index in [-0.39, 0.29) is 30.9 Å². The van der Waals surface area contributed by atoms with Crippen molar-refractivity contribution in [2.24, 2.45) is 11.7 Å². The predicted molar refractivity (Wildman–Crippen MR) is 60.5 cm³/mol. The Bertz CT molecular complexity index is 214. The lowest BCUT2D eigenvalue weighted by molar-refractivity contribution is 0.514. The summed E-state index contributed by atoms with van der Waals surface area (Å²) in [7, 11) is 0. The molecule has 1 aromatic heterocycles. The second-order valence-corrected chi connectivity index (χ2v) is 3.05. The standard InChI is InChI=1S/C9H14N2.2ClH/c1-7(2)9(10)8-3-5-11-6-4-8;;/h3-7,9H,10H2,1-2H3;2*1H/t9-;;/m0../s1. The quantitative estimate of drug-likeness (QED) is 0.836. The van der Waals surface area contributed by atoms with Crippen LogP contribution in [0.2, 0.25) is 0 Å². The number of hydrogen-bond donors (Lipinski definition) is 1. The molecule has 0 saturated heterocycles. The molecular weight excluding hydrogens is 207 g/mol. The lowest BCUT2D eigenvalue weighted by Crippen LogP contribution is -2.16. The van der Waals surface area contributed by atoms with Crippen molar-refractivity contribution >= 4 is 24.8 Å². The van der Waals surface area contributed by atoms with E-state index in [9.17, 15) is 0 Å². The van der Waals surface area contributed by atoms with Gasteiger partial charge in [0.05, 0.1) is 0 Å². The van der Waals surface area contributed by atoms with E-state index < -0.39 is 0 Å². The first kappa shape index (κ1) is 15.2. The molecule has 0 unspecified atom stereocenters. The van der Waals surface area contributed by atoms with Gasteiger partial charge in [-0.15, -0.1) is 24.8 Å². The van der Waals surface area contributed by atoms with Crippen LogP contribution in [0, 0.1) is 5.92 Å². The average Bonchev–Trinajstić information content (AvgIpc) is 2.05. The molecule has 0 fully saturated rings. The fraction of sp³-hybridized carbons (Fsp3) is 0.444. The molecule has 2 nitrogen and oxygen atoms in total. The average molecular weight is 223 g/mol. The van der Waals surface area contributed by atoms with Crippen LogP contribution >= 0.6 is 24.8 Å². The first-order valence-electron chi connectivity index (χ1n) is 3.87. The summed E-state index contributed by atoms with van der Waals surface area (Å²) in [6.45, 7) is 4.23. The molecule has 0 radical (unpaired) electrons. The lowest BCUT2D eigenvalue weighted by Gasteiger charge is -2.14. The number of hydrogen-bond acceptors (Lipinski definition) is 2. The zero-order valence-corrected chi connectivity index (χ0v) is 9.44. The largest absolute Gasteiger partial charge is 0.324 e. The Morgan fingerprint density at radius 2 is 1.62 bits per heavy atom. The van der Waals surface area contributed by atoms with E-state index in [0.717, 1.165) is 5.56 Å². The van der Waals surface area contributed by atoms with Gasteiger partial charge in [-0.2, -0.15) is 0 Å². The minimum atomic E-state index is 0. The minimum absolute atomic E-state index is 0. The molecule has 1 aromatic rings. The van der Waals surface area contributed by atoms with Crippen molar-refractivity contribution in [1.82, 2.24) is 4.98 Å². The number of aromatic nitrogens is 1. The number of nitrogens with zero attached hydrogens (tertiary/aromatic N) is 1. The maximum absolute atomic E-state index is 5.91. The molecule has 0 aliphatic heterocycles. The highest BCUT2D eigenvalue weighted by molar-refractivity contribution is 5.85. The fourth-order valence-corrected chi connectivity index (χ4v) is 0.971. The molecule has 0 spiro atoms. The summed E-state index contributed by atoms with van der Waals surface area (Å²) in [5, 5.41) is 0. The predicted octanol–water partition coefficient (Wildman–Crippen LogP) is 2.58. The Kier molecular flexibility index (Phi) is 8.32. The van der Waals surface area contributed by atoms with E-state index >= 15 is 0 Å². The van der Waals surface area contributed by atoms with Gasteiger partial charge in [-0.05, 0) is 23.6 Å². The molecule has 1 atom stereocenters. The molecule has 13 heavy (non-hydrogen) atoms. The van der Waals surface area contributed by atoms with Crippen molar-refractivity contribution < 1.29 is 0 Å². The molecule has 2 N–H and O–H groups in total. The van der Waals surface area contributed by atoms with Crippen LogP contribution in [0.5, 0.6) is 0 Å². The zero-order chi connectivity index (χ0) is 8.27. The topological polar surface area (TPSA) is 38.9 Å². The van der Waals surface area contributed by atoms with Crippen molar-refractivity contribution in [3.05, 3.63) is 30.1 Å². The normalized spacial score (nSPS) is 11.4. The molecule has 0 aliphatic carbocycles. The SMILES string of the molecule is CC(C)[C@H](N)c1ccncc1.Cl.Cl. The van der Waals surface area contributed by atoms with E-state index in [1.807, 2.05) is 12.1 Å². The van der Waals surface area contributed by atoms with Crippen LogP contribution < -0.4 is 5.73 Å². The van der Waals surface area contributed by atoms with Crippen LogP contribution in [0.15, 0.2) is 24.5 Å². The number of nitrogens with two attached hydrogens (primary N) is 1. The lowest BCUT2D eigenvalue weighted by atomic mass is 9.98. The van der Waals surface area contributed by atoms with E-state index in [1.165, 1.54) is 0 Å². The van der Waals surface area contributed by atoms with E-state index in [1.54, 1.807) is 12.4 Å². The van der Waals surface area contributed by atoms with Gasteiger partial charge in [-0.3, -0.25) is 4.98 Å². The van der Waals surface area contributed by atoms with Crippen LogP contribution in [-0.4, -0.2) is 4.98 Å². The molecule has 0 aliphatic rings. The van der Waals surface area contributed by atoms with Crippen LogP contribution in [0.25, 0.3) is 0 Å². The summed E-state index contributed by atoms with van der Waals surface area (Å²) in [5.74, 6) is 0.484. The maximum atomic E-state index is 5.91. The van der Waals surface area contributed by atoms with Crippen molar-refractivity contribution in [3.63, 3.8) is 0 Å². The summed E-state index contributed by atoms with van der Waals surface area (Å²) < 4.78 is 0. The third-order valence-corrected chi connectivity index (χ3v) is 1.81. The molecule has 1 heterocycles. The van der Waals surface area contributed by atoms with E-state index in [2.05, 4.69) is 18.8 Å². The van der Waals surface area contributed by atoms with Gasteiger partial charge >= 0.3 is 0 Å². The number of pyridine rings is 1. The minimum Gasteiger partial charge on any atom is -0.324 e. The van der Waals surface area contributed by atoms with Crippen molar-refractivity contribution in [1.29, 1.82) is 0 Å². The fourth-order valence-electron chi connectivity index (χ4n) is 0.971. The van der Waals surface area contributed by atoms with Gasteiger partial charge in [0.25, 0.3) is 0 Å². The zero-order valence-electron chi connectivity index (χ0n) is 7.81. The second-order valence-electron chi connectivity index (χ2n) is 3.05. The molecule has 0 bridgehead atoms. The third kappa shape index (κ3) is 4.46. The molecule has 0 amide bonds. The van der Waals surface area contributed by atoms with Gasteiger partial charge in [0.15, 0.2) is 0 Å². The smallest absolute Gasteiger partial charge is 0.0319 e. The van der Waals surface area contributed by atoms with Gasteiger partial charge in [0.1, 0.15) is 0 Å². The van der Waals surface area contributed by atoms with Crippen molar-refractivity contribution in [3.8, 4) is 0 Å². The van der Waals surface area contributed by atoms with Gasteiger partial charge in [0, 0.05) is 18.4 Å². The molecule has 1 rings (SSSR count). The Morgan fingerprint density at radius 3 is 2.00 bits per heavy atom. The summed E-state index contributed by atoms with van der Waals surface area (Å²) >= 11 is 0. The Morgan fingerprint density at radius 1 is 1.15 bits per heavy atom. The van der Waals surface area contributed by atoms with Crippen LogP contribution in [0.1, 0.15) is 25.5 Å². The Labute approximate surface area is 91.8 Å². The maximum Gasteiger partial charge on any atom is 0.0319 e. The highest BCUT2D eigenvalue weighted by Gasteiger charge is 2.08. The van der Waals surface area contributed by atoms with Gasteiger partial charge in [0.2, 0.25) is 0 Å². The number of halogens is 2. The van der Waals surface area contributed by atoms with Gasteiger partial charge in [-0.25, -0.2) is 0 Å². The third-order valence-electron chi connectivity index (χ3n) is 1.81. The van der Waals surface area contributed by atoms with Crippen LogP contribution in [0.3, 0.4) is 0 Å². The number of rotatable bonds is 2. The van der Waals surface area contributed by atoms with Crippen molar-refractivity contribution in [2.75, 3.05) is 0 Å². The highest BCUT2D eigenvalue weighted by atomic mass is 35.5. The molecular formula is C9H16Cl2N2. The first-order chi connectivity index (χ1) is 5.22. The van der Waals surface area contributed by atoms with Crippen LogP contribution in [-0.2, 0) is 0 Å². The first-order valence-corrected chi connectivity index (χ1v) is 3.87. The molecule has 0 saturated carbocycles. The van der Waals surface area contributed by atoms with E-state index in [4.69, 9.17) is 5.73 Å². The van der Waals surface area contributed by atoms with E-state index in [0.29, 0.717) is 5.92 Å². The molecule has 0 aromatic carbocycles. The Hall–Kier alpha value is -0.310. The van der Waals surface area contributed by atoms with Crippen molar-refractivity contribution in [2.45, 2.75) is 19.9 Å². The Balaban J connectivity index is 0. The monoisotopic (exact) mass is 222 g/mol. The summed E-state index contributed by atoms with van der Waals surface area (Å²) in [4.78, 5) is 3.93. The second kappa shape index (κ2) is 7.13. The highest BCUT2D eigenvalue weighted by Crippen LogP contribution is 2.16. The summed E-state index contributed by atoms with van der Waals surface area (Å²) in [6, 6.07) is 4.06. The molecule has 4 heteroatoms. The van der Waals surface area contributed by atoms with Crippen LogP contribution in [0.4, 0.5) is 0 Å².